The highest BCUT2D eigenvalue weighted by Gasteiger charge is 2.06. The van der Waals surface area contributed by atoms with Crippen LogP contribution in [0.2, 0.25) is 0 Å². The molecule has 0 saturated carbocycles. The first-order valence-corrected chi connectivity index (χ1v) is 3.92. The van der Waals surface area contributed by atoms with Crippen molar-refractivity contribution in [2.75, 3.05) is 14.2 Å². The lowest BCUT2D eigenvalue weighted by Gasteiger charge is -2.05. The monoisotopic (exact) mass is 178 g/mol. The van der Waals surface area contributed by atoms with Crippen LogP contribution in [0.4, 0.5) is 0 Å². The van der Waals surface area contributed by atoms with E-state index in [2.05, 4.69) is 4.74 Å². The first-order chi connectivity index (χ1) is 6.19. The molecular weight excluding hydrogens is 167 g/mol. The third-order valence-electron chi connectivity index (χ3n) is 1.82. The zero-order chi connectivity index (χ0) is 9.84. The Balaban J connectivity index is 3.02. The molecule has 0 aliphatic carbocycles. The number of rotatable bonds is 2. The second-order valence-corrected chi connectivity index (χ2v) is 2.68. The standard InChI is InChI=1S/C9H11BO3/c1-12-8-4-3-6(5-7(8)10)9(11)13-2/h3-5H,10H2,1-2H3. The summed E-state index contributed by atoms with van der Waals surface area (Å²) in [5.74, 6) is 0.443. The number of ether oxygens (including phenoxy) is 2. The largest absolute Gasteiger partial charge is 0.497 e. The zero-order valence-electron chi connectivity index (χ0n) is 7.96. The van der Waals surface area contributed by atoms with Gasteiger partial charge in [0, 0.05) is 0 Å². The highest BCUT2D eigenvalue weighted by Crippen LogP contribution is 2.08. The molecule has 0 aliphatic heterocycles. The molecule has 0 bridgehead atoms. The van der Waals surface area contributed by atoms with Gasteiger partial charge in [-0.15, -0.1) is 0 Å². The van der Waals surface area contributed by atoms with Crippen molar-refractivity contribution in [2.24, 2.45) is 0 Å². The summed E-state index contributed by atoms with van der Waals surface area (Å²) in [6.45, 7) is 0. The number of methoxy groups -OCH3 is 2. The molecular formula is C9H11BO3. The summed E-state index contributed by atoms with van der Waals surface area (Å²) in [5, 5.41) is 0. The van der Waals surface area contributed by atoms with Gasteiger partial charge in [0.25, 0.3) is 0 Å². The zero-order valence-corrected chi connectivity index (χ0v) is 7.96. The van der Waals surface area contributed by atoms with Crippen LogP contribution in [0, 0.1) is 0 Å². The van der Waals surface area contributed by atoms with Crippen LogP contribution in [0.5, 0.6) is 5.75 Å². The Bertz CT molecular complexity index is 323. The predicted molar refractivity (Wildman–Crippen MR) is 52.5 cm³/mol. The summed E-state index contributed by atoms with van der Waals surface area (Å²) in [4.78, 5) is 11.1. The molecule has 0 heterocycles. The summed E-state index contributed by atoms with van der Waals surface area (Å²) in [5.41, 5.74) is 1.46. The molecule has 0 spiro atoms. The molecule has 1 aromatic rings. The number of carbonyl (C=O) groups excluding carboxylic acids is 1. The van der Waals surface area contributed by atoms with Crippen LogP contribution in [0.25, 0.3) is 0 Å². The second-order valence-electron chi connectivity index (χ2n) is 2.68. The van der Waals surface area contributed by atoms with Crippen LogP contribution in [-0.2, 0) is 4.74 Å². The SMILES string of the molecule is Bc1cc(C(=O)OC)ccc1OC. The summed E-state index contributed by atoms with van der Waals surface area (Å²) in [6.07, 6.45) is 0. The van der Waals surface area contributed by atoms with Crippen molar-refractivity contribution >= 4 is 19.3 Å². The molecule has 0 atom stereocenters. The van der Waals surface area contributed by atoms with Gasteiger partial charge in [-0.3, -0.25) is 0 Å². The normalized spacial score (nSPS) is 9.38. The Morgan fingerprint density at radius 1 is 1.38 bits per heavy atom. The number of esters is 1. The lowest BCUT2D eigenvalue weighted by atomic mass is 9.93. The molecule has 0 fully saturated rings. The molecule has 68 valence electrons. The Kier molecular flexibility index (Phi) is 2.95. The minimum Gasteiger partial charge on any atom is -0.497 e. The highest BCUT2D eigenvalue weighted by molar-refractivity contribution is 6.34. The Morgan fingerprint density at radius 2 is 2.08 bits per heavy atom. The van der Waals surface area contributed by atoms with Crippen LogP contribution < -0.4 is 10.2 Å². The van der Waals surface area contributed by atoms with Crippen molar-refractivity contribution in [1.29, 1.82) is 0 Å². The third kappa shape index (κ3) is 2.02. The maximum absolute atomic E-state index is 11.1. The van der Waals surface area contributed by atoms with E-state index in [0.717, 1.165) is 11.2 Å². The fourth-order valence-electron chi connectivity index (χ4n) is 1.12. The van der Waals surface area contributed by atoms with Gasteiger partial charge in [0.1, 0.15) is 13.6 Å². The molecule has 0 aromatic heterocycles. The summed E-state index contributed by atoms with van der Waals surface area (Å²) < 4.78 is 9.65. The van der Waals surface area contributed by atoms with Crippen molar-refractivity contribution < 1.29 is 14.3 Å². The van der Waals surface area contributed by atoms with Crippen LogP contribution in [-0.4, -0.2) is 28.0 Å². The molecule has 3 nitrogen and oxygen atoms in total. The summed E-state index contributed by atoms with van der Waals surface area (Å²) >= 11 is 0. The van der Waals surface area contributed by atoms with Gasteiger partial charge in [-0.05, 0) is 17.6 Å². The van der Waals surface area contributed by atoms with Gasteiger partial charge >= 0.3 is 5.97 Å². The van der Waals surface area contributed by atoms with Gasteiger partial charge in [0.2, 0.25) is 0 Å². The van der Waals surface area contributed by atoms with Crippen LogP contribution in [0.15, 0.2) is 18.2 Å². The Morgan fingerprint density at radius 3 is 2.54 bits per heavy atom. The van der Waals surface area contributed by atoms with E-state index in [1.807, 2.05) is 7.85 Å². The van der Waals surface area contributed by atoms with Crippen molar-refractivity contribution in [1.82, 2.24) is 0 Å². The van der Waals surface area contributed by atoms with E-state index in [4.69, 9.17) is 4.74 Å². The van der Waals surface area contributed by atoms with Crippen LogP contribution >= 0.6 is 0 Å². The minimum atomic E-state index is -0.328. The van der Waals surface area contributed by atoms with Gasteiger partial charge < -0.3 is 9.47 Å². The average molecular weight is 178 g/mol. The molecule has 1 rings (SSSR count). The van der Waals surface area contributed by atoms with E-state index < -0.39 is 0 Å². The molecule has 0 amide bonds. The second kappa shape index (κ2) is 3.98. The number of hydrogen-bond donors (Lipinski definition) is 0. The number of carbonyl (C=O) groups is 1. The van der Waals surface area contributed by atoms with E-state index in [1.165, 1.54) is 7.11 Å². The molecule has 0 unspecified atom stereocenters. The molecule has 4 heteroatoms. The van der Waals surface area contributed by atoms with Crippen molar-refractivity contribution in [2.45, 2.75) is 0 Å². The first-order valence-electron chi connectivity index (χ1n) is 3.92. The van der Waals surface area contributed by atoms with Gasteiger partial charge in [0.15, 0.2) is 0 Å². The fraction of sp³-hybridized carbons (Fsp3) is 0.222. The first kappa shape index (κ1) is 9.64. The van der Waals surface area contributed by atoms with E-state index in [0.29, 0.717) is 5.56 Å². The van der Waals surface area contributed by atoms with E-state index in [9.17, 15) is 4.79 Å². The molecule has 0 radical (unpaired) electrons. The third-order valence-corrected chi connectivity index (χ3v) is 1.82. The van der Waals surface area contributed by atoms with Gasteiger partial charge in [-0.1, -0.05) is 6.07 Å². The molecule has 0 N–H and O–H groups in total. The van der Waals surface area contributed by atoms with E-state index in [1.54, 1.807) is 25.3 Å². The average Bonchev–Trinajstić information content (AvgIpc) is 2.16. The molecule has 0 saturated heterocycles. The van der Waals surface area contributed by atoms with Crippen LogP contribution in [0.3, 0.4) is 0 Å². The number of benzene rings is 1. The molecule has 13 heavy (non-hydrogen) atoms. The lowest BCUT2D eigenvalue weighted by molar-refractivity contribution is 0.0601. The van der Waals surface area contributed by atoms with Gasteiger partial charge in [0.05, 0.1) is 19.8 Å². The number of hydrogen-bond acceptors (Lipinski definition) is 3. The van der Waals surface area contributed by atoms with E-state index in [-0.39, 0.29) is 5.97 Å². The fourth-order valence-corrected chi connectivity index (χ4v) is 1.12. The Labute approximate surface area is 78.1 Å². The van der Waals surface area contributed by atoms with Gasteiger partial charge in [-0.2, -0.15) is 0 Å². The maximum atomic E-state index is 11.1. The van der Waals surface area contributed by atoms with Crippen molar-refractivity contribution in [3.8, 4) is 5.75 Å². The summed E-state index contributed by atoms with van der Waals surface area (Å²) in [6, 6.07) is 5.17. The lowest BCUT2D eigenvalue weighted by Crippen LogP contribution is -2.11. The molecule has 0 aliphatic rings. The predicted octanol–water partition coefficient (Wildman–Crippen LogP) is -0.260. The van der Waals surface area contributed by atoms with E-state index >= 15 is 0 Å². The maximum Gasteiger partial charge on any atom is 0.337 e. The van der Waals surface area contributed by atoms with Crippen molar-refractivity contribution in [3.63, 3.8) is 0 Å². The smallest absolute Gasteiger partial charge is 0.337 e. The summed E-state index contributed by atoms with van der Waals surface area (Å²) in [7, 11) is 4.84. The highest BCUT2D eigenvalue weighted by atomic mass is 16.5. The minimum absolute atomic E-state index is 0.328. The Hall–Kier alpha value is -1.45. The van der Waals surface area contributed by atoms with Gasteiger partial charge in [-0.25, -0.2) is 4.79 Å². The quantitative estimate of drug-likeness (QED) is 0.462. The van der Waals surface area contributed by atoms with Crippen molar-refractivity contribution in [3.05, 3.63) is 23.8 Å². The van der Waals surface area contributed by atoms with Crippen LogP contribution in [0.1, 0.15) is 10.4 Å². The molecule has 1 aromatic carbocycles. The topological polar surface area (TPSA) is 35.5 Å².